The second kappa shape index (κ2) is 3.80. The third-order valence-electron chi connectivity index (χ3n) is 2.76. The van der Waals surface area contributed by atoms with Crippen molar-refractivity contribution in [1.29, 1.82) is 0 Å². The molecule has 0 radical (unpaired) electrons. The quantitative estimate of drug-likeness (QED) is 0.659. The average molecular weight is 239 g/mol. The number of nitrogen functional groups attached to an aromatic ring is 1. The zero-order valence-electron chi connectivity index (χ0n) is 10.3. The van der Waals surface area contributed by atoms with Gasteiger partial charge in [0.2, 0.25) is 0 Å². The Morgan fingerprint density at radius 2 is 1.94 bits per heavy atom. The fourth-order valence-electron chi connectivity index (χ4n) is 2.02. The molecule has 0 aliphatic heterocycles. The minimum absolute atomic E-state index is 0.715. The van der Waals surface area contributed by atoms with Crippen molar-refractivity contribution >= 4 is 16.6 Å². The highest BCUT2D eigenvalue weighted by Crippen LogP contribution is 2.20. The van der Waals surface area contributed by atoms with Crippen molar-refractivity contribution in [3.63, 3.8) is 0 Å². The first-order valence-corrected chi connectivity index (χ1v) is 5.69. The molecule has 0 saturated heterocycles. The standard InChI is InChI=1S/C13H13N5/c1-8-5-13(17-9(2)16-8)18-12-6-11(14)4-3-10(12)7-15-18/h3-7H,14H2,1-2H3. The van der Waals surface area contributed by atoms with E-state index in [0.717, 1.165) is 28.2 Å². The van der Waals surface area contributed by atoms with Crippen molar-refractivity contribution in [2.24, 2.45) is 0 Å². The average Bonchev–Trinajstić information content (AvgIpc) is 2.70. The summed E-state index contributed by atoms with van der Waals surface area (Å²) in [6, 6.07) is 7.62. The van der Waals surface area contributed by atoms with E-state index < -0.39 is 0 Å². The van der Waals surface area contributed by atoms with E-state index in [9.17, 15) is 0 Å². The van der Waals surface area contributed by atoms with Gasteiger partial charge in [-0.15, -0.1) is 0 Å². The molecular formula is C13H13N5. The molecule has 3 rings (SSSR count). The van der Waals surface area contributed by atoms with Crippen molar-refractivity contribution in [3.05, 3.63) is 42.0 Å². The van der Waals surface area contributed by atoms with Gasteiger partial charge in [0.15, 0.2) is 5.82 Å². The summed E-state index contributed by atoms with van der Waals surface area (Å²) in [6.07, 6.45) is 1.81. The monoisotopic (exact) mass is 239 g/mol. The van der Waals surface area contributed by atoms with E-state index in [0.29, 0.717) is 5.69 Å². The van der Waals surface area contributed by atoms with Crippen LogP contribution < -0.4 is 5.73 Å². The van der Waals surface area contributed by atoms with Gasteiger partial charge in [-0.3, -0.25) is 0 Å². The fraction of sp³-hybridized carbons (Fsp3) is 0.154. The topological polar surface area (TPSA) is 69.6 Å². The first kappa shape index (κ1) is 10.7. The van der Waals surface area contributed by atoms with E-state index in [4.69, 9.17) is 5.73 Å². The van der Waals surface area contributed by atoms with Crippen LogP contribution in [-0.4, -0.2) is 19.7 Å². The van der Waals surface area contributed by atoms with Gasteiger partial charge >= 0.3 is 0 Å². The maximum Gasteiger partial charge on any atom is 0.157 e. The van der Waals surface area contributed by atoms with E-state index in [1.54, 1.807) is 4.68 Å². The van der Waals surface area contributed by atoms with Gasteiger partial charge in [0.1, 0.15) is 5.82 Å². The molecule has 0 aliphatic rings. The van der Waals surface area contributed by atoms with Crippen molar-refractivity contribution in [2.45, 2.75) is 13.8 Å². The SMILES string of the molecule is Cc1cc(-n2ncc3ccc(N)cc32)nc(C)n1. The van der Waals surface area contributed by atoms with Crippen LogP contribution in [0.2, 0.25) is 0 Å². The van der Waals surface area contributed by atoms with Crippen LogP contribution in [0, 0.1) is 13.8 Å². The van der Waals surface area contributed by atoms with Crippen LogP contribution in [0.25, 0.3) is 16.7 Å². The number of anilines is 1. The van der Waals surface area contributed by atoms with Gasteiger partial charge in [0.05, 0.1) is 11.7 Å². The van der Waals surface area contributed by atoms with E-state index in [1.807, 2.05) is 44.3 Å². The lowest BCUT2D eigenvalue weighted by atomic mass is 10.2. The fourth-order valence-corrected chi connectivity index (χ4v) is 2.02. The van der Waals surface area contributed by atoms with E-state index >= 15 is 0 Å². The Hall–Kier alpha value is -2.43. The maximum atomic E-state index is 5.82. The van der Waals surface area contributed by atoms with E-state index in [2.05, 4.69) is 15.1 Å². The third-order valence-corrected chi connectivity index (χ3v) is 2.76. The number of fused-ring (bicyclic) bond motifs is 1. The second-order valence-electron chi connectivity index (χ2n) is 4.29. The number of rotatable bonds is 1. The molecule has 18 heavy (non-hydrogen) atoms. The Kier molecular flexibility index (Phi) is 2.26. The molecular weight excluding hydrogens is 226 g/mol. The van der Waals surface area contributed by atoms with Crippen LogP contribution in [0.3, 0.4) is 0 Å². The summed E-state index contributed by atoms with van der Waals surface area (Å²) in [7, 11) is 0. The van der Waals surface area contributed by atoms with Gasteiger partial charge < -0.3 is 5.73 Å². The molecule has 0 bridgehead atoms. The third kappa shape index (κ3) is 1.69. The molecule has 90 valence electrons. The zero-order chi connectivity index (χ0) is 12.7. The van der Waals surface area contributed by atoms with E-state index in [-0.39, 0.29) is 0 Å². The Bertz CT molecular complexity index is 709. The molecule has 0 saturated carbocycles. The Balaban J connectivity index is 2.27. The summed E-state index contributed by atoms with van der Waals surface area (Å²) in [4.78, 5) is 8.67. The Morgan fingerprint density at radius 3 is 2.72 bits per heavy atom. The Labute approximate surface area is 104 Å². The molecule has 1 aromatic carbocycles. The first-order valence-electron chi connectivity index (χ1n) is 5.69. The molecule has 2 heterocycles. The molecule has 0 amide bonds. The molecule has 2 aromatic heterocycles. The Morgan fingerprint density at radius 1 is 1.11 bits per heavy atom. The zero-order valence-corrected chi connectivity index (χ0v) is 10.3. The highest BCUT2D eigenvalue weighted by Gasteiger charge is 2.07. The van der Waals surface area contributed by atoms with Crippen LogP contribution >= 0.6 is 0 Å². The van der Waals surface area contributed by atoms with Gasteiger partial charge in [-0.05, 0) is 32.0 Å². The summed E-state index contributed by atoms with van der Waals surface area (Å²) in [5.74, 6) is 1.50. The molecule has 0 unspecified atom stereocenters. The minimum Gasteiger partial charge on any atom is -0.399 e. The van der Waals surface area contributed by atoms with Crippen LogP contribution in [-0.2, 0) is 0 Å². The van der Waals surface area contributed by atoms with E-state index in [1.165, 1.54) is 0 Å². The van der Waals surface area contributed by atoms with Crippen molar-refractivity contribution in [3.8, 4) is 5.82 Å². The first-order chi connectivity index (χ1) is 8.63. The number of benzene rings is 1. The van der Waals surface area contributed by atoms with Crippen molar-refractivity contribution < 1.29 is 0 Å². The molecule has 3 aromatic rings. The number of hydrogen-bond donors (Lipinski definition) is 1. The van der Waals surface area contributed by atoms with Crippen molar-refractivity contribution in [1.82, 2.24) is 19.7 Å². The lowest BCUT2D eigenvalue weighted by Gasteiger charge is -2.05. The minimum atomic E-state index is 0.715. The van der Waals surface area contributed by atoms with Crippen molar-refractivity contribution in [2.75, 3.05) is 5.73 Å². The van der Waals surface area contributed by atoms with Gasteiger partial charge in [-0.1, -0.05) is 0 Å². The van der Waals surface area contributed by atoms with Crippen LogP contribution in [0.4, 0.5) is 5.69 Å². The van der Waals surface area contributed by atoms with Gasteiger partial charge in [-0.25, -0.2) is 14.6 Å². The van der Waals surface area contributed by atoms with Gasteiger partial charge in [-0.2, -0.15) is 5.10 Å². The van der Waals surface area contributed by atoms with Gasteiger partial charge in [0.25, 0.3) is 0 Å². The summed E-state index contributed by atoms with van der Waals surface area (Å²) in [6.45, 7) is 3.81. The van der Waals surface area contributed by atoms with Crippen LogP contribution in [0.15, 0.2) is 30.5 Å². The lowest BCUT2D eigenvalue weighted by Crippen LogP contribution is -2.03. The number of nitrogens with zero attached hydrogens (tertiary/aromatic N) is 4. The number of aromatic nitrogens is 4. The normalized spacial score (nSPS) is 11.0. The number of aryl methyl sites for hydroxylation is 2. The molecule has 5 nitrogen and oxygen atoms in total. The summed E-state index contributed by atoms with van der Waals surface area (Å²) < 4.78 is 1.79. The number of nitrogens with two attached hydrogens (primary N) is 1. The second-order valence-corrected chi connectivity index (χ2v) is 4.29. The highest BCUT2D eigenvalue weighted by molar-refractivity contribution is 5.83. The molecule has 0 atom stereocenters. The highest BCUT2D eigenvalue weighted by atomic mass is 15.3. The molecule has 0 aliphatic carbocycles. The van der Waals surface area contributed by atoms with Crippen LogP contribution in [0.1, 0.15) is 11.5 Å². The molecule has 5 heteroatoms. The number of hydrogen-bond acceptors (Lipinski definition) is 4. The molecule has 2 N–H and O–H groups in total. The predicted octanol–water partition coefficient (Wildman–Crippen LogP) is 2.01. The maximum absolute atomic E-state index is 5.82. The molecule has 0 spiro atoms. The summed E-state index contributed by atoms with van der Waals surface area (Å²) >= 11 is 0. The smallest absolute Gasteiger partial charge is 0.157 e. The summed E-state index contributed by atoms with van der Waals surface area (Å²) in [5, 5.41) is 5.40. The largest absolute Gasteiger partial charge is 0.399 e. The molecule has 0 fully saturated rings. The van der Waals surface area contributed by atoms with Crippen LogP contribution in [0.5, 0.6) is 0 Å². The predicted molar refractivity (Wildman–Crippen MR) is 70.5 cm³/mol. The lowest BCUT2D eigenvalue weighted by molar-refractivity contribution is 0.845. The van der Waals surface area contributed by atoms with Gasteiger partial charge in [0, 0.05) is 22.8 Å². The summed E-state index contributed by atoms with van der Waals surface area (Å²) in [5.41, 5.74) is 8.40.